The topological polar surface area (TPSA) is 68.7 Å². The molecule has 0 aliphatic carbocycles. The van der Waals surface area contributed by atoms with Gasteiger partial charge in [-0.25, -0.2) is 9.78 Å². The molecule has 1 aromatic heterocycles. The van der Waals surface area contributed by atoms with E-state index >= 15 is 0 Å². The number of pyridine rings is 1. The van der Waals surface area contributed by atoms with Crippen molar-refractivity contribution in [2.75, 3.05) is 31.2 Å². The van der Waals surface area contributed by atoms with E-state index in [0.29, 0.717) is 50.5 Å². The summed E-state index contributed by atoms with van der Waals surface area (Å²) in [5.41, 5.74) is 0.471. The zero-order valence-electron chi connectivity index (χ0n) is 13.1. The van der Waals surface area contributed by atoms with E-state index in [-0.39, 0.29) is 17.9 Å². The summed E-state index contributed by atoms with van der Waals surface area (Å²) in [7, 11) is 0. The lowest BCUT2D eigenvalue weighted by atomic mass is 9.96. The highest BCUT2D eigenvalue weighted by molar-refractivity contribution is 5.94. The Balaban J connectivity index is 2.05. The van der Waals surface area contributed by atoms with Crippen LogP contribution in [0.15, 0.2) is 18.3 Å². The van der Waals surface area contributed by atoms with Crippen LogP contribution in [0.2, 0.25) is 0 Å². The Morgan fingerprint density at radius 1 is 1.23 bits per heavy atom. The number of carbonyl (C=O) groups is 2. The maximum absolute atomic E-state index is 12.0. The molecule has 0 radical (unpaired) electrons. The number of esters is 2. The summed E-state index contributed by atoms with van der Waals surface area (Å²) in [4.78, 5) is 30.1. The predicted molar refractivity (Wildman–Crippen MR) is 81.8 cm³/mol. The first-order chi connectivity index (χ1) is 10.7. The van der Waals surface area contributed by atoms with Crippen molar-refractivity contribution in [2.45, 2.75) is 26.7 Å². The summed E-state index contributed by atoms with van der Waals surface area (Å²) in [5, 5.41) is 0. The average Bonchev–Trinajstić information content (AvgIpc) is 2.55. The molecule has 0 N–H and O–H groups in total. The molecule has 0 saturated carbocycles. The van der Waals surface area contributed by atoms with Crippen LogP contribution in [0.5, 0.6) is 0 Å². The van der Waals surface area contributed by atoms with Crippen LogP contribution in [-0.2, 0) is 14.3 Å². The number of anilines is 1. The van der Waals surface area contributed by atoms with Crippen LogP contribution in [0.3, 0.4) is 0 Å². The Bertz CT molecular complexity index is 525. The molecule has 1 aliphatic rings. The minimum Gasteiger partial charge on any atom is -0.466 e. The number of hydrogen-bond donors (Lipinski definition) is 0. The number of aromatic nitrogens is 1. The van der Waals surface area contributed by atoms with Gasteiger partial charge in [-0.15, -0.1) is 0 Å². The SMILES string of the molecule is CCOC(=O)c1cccnc1N1CCC(C(=O)OCC)CC1. The molecular formula is C16H22N2O4. The molecule has 0 bridgehead atoms. The minimum absolute atomic E-state index is 0.0639. The predicted octanol–water partition coefficient (Wildman–Crippen LogP) is 2.04. The Morgan fingerprint density at radius 3 is 2.55 bits per heavy atom. The summed E-state index contributed by atoms with van der Waals surface area (Å²) >= 11 is 0. The summed E-state index contributed by atoms with van der Waals surface area (Å²) in [6.45, 7) is 5.68. The number of rotatable bonds is 5. The van der Waals surface area contributed by atoms with Crippen LogP contribution in [0.1, 0.15) is 37.0 Å². The quantitative estimate of drug-likeness (QED) is 0.775. The molecule has 0 unspecified atom stereocenters. The van der Waals surface area contributed by atoms with Crippen LogP contribution >= 0.6 is 0 Å². The van der Waals surface area contributed by atoms with Crippen molar-refractivity contribution in [1.29, 1.82) is 0 Å². The molecule has 2 heterocycles. The number of hydrogen-bond acceptors (Lipinski definition) is 6. The van der Waals surface area contributed by atoms with Crippen molar-refractivity contribution < 1.29 is 19.1 Å². The van der Waals surface area contributed by atoms with Gasteiger partial charge in [0, 0.05) is 19.3 Å². The largest absolute Gasteiger partial charge is 0.466 e. The molecule has 22 heavy (non-hydrogen) atoms. The summed E-state index contributed by atoms with van der Waals surface area (Å²) < 4.78 is 10.1. The minimum atomic E-state index is -0.363. The van der Waals surface area contributed by atoms with Crippen LogP contribution in [-0.4, -0.2) is 43.2 Å². The lowest BCUT2D eigenvalue weighted by Crippen LogP contribution is -2.38. The van der Waals surface area contributed by atoms with Gasteiger partial charge in [0.15, 0.2) is 0 Å². The van der Waals surface area contributed by atoms with E-state index in [1.165, 1.54) is 0 Å². The zero-order valence-corrected chi connectivity index (χ0v) is 13.1. The normalized spacial score (nSPS) is 15.5. The van der Waals surface area contributed by atoms with Gasteiger partial charge in [0.2, 0.25) is 0 Å². The van der Waals surface area contributed by atoms with Gasteiger partial charge in [0.25, 0.3) is 0 Å². The average molecular weight is 306 g/mol. The number of carbonyl (C=O) groups excluding carboxylic acids is 2. The van der Waals surface area contributed by atoms with Gasteiger partial charge >= 0.3 is 11.9 Å². The number of ether oxygens (including phenoxy) is 2. The van der Waals surface area contributed by atoms with Crippen LogP contribution in [0, 0.1) is 5.92 Å². The molecule has 6 nitrogen and oxygen atoms in total. The van der Waals surface area contributed by atoms with Crippen molar-refractivity contribution in [1.82, 2.24) is 4.98 Å². The Kier molecular flexibility index (Phi) is 5.75. The standard InChI is InChI=1S/C16H22N2O4/c1-3-21-15(19)12-7-10-18(11-8-12)14-13(6-5-9-17-14)16(20)22-4-2/h5-6,9,12H,3-4,7-8,10-11H2,1-2H3. The van der Waals surface area contributed by atoms with Gasteiger partial charge in [-0.1, -0.05) is 0 Å². The van der Waals surface area contributed by atoms with Crippen LogP contribution < -0.4 is 4.90 Å². The first-order valence-electron chi connectivity index (χ1n) is 7.71. The first kappa shape index (κ1) is 16.3. The summed E-state index contributed by atoms with van der Waals surface area (Å²) in [6.07, 6.45) is 3.07. The monoisotopic (exact) mass is 306 g/mol. The van der Waals surface area contributed by atoms with Crippen molar-refractivity contribution in [3.8, 4) is 0 Å². The van der Waals surface area contributed by atoms with E-state index in [9.17, 15) is 9.59 Å². The number of piperidine rings is 1. The van der Waals surface area contributed by atoms with Crippen molar-refractivity contribution in [3.05, 3.63) is 23.9 Å². The van der Waals surface area contributed by atoms with Gasteiger partial charge in [0.05, 0.1) is 19.1 Å². The van der Waals surface area contributed by atoms with Crippen molar-refractivity contribution in [2.24, 2.45) is 5.92 Å². The highest BCUT2D eigenvalue weighted by Crippen LogP contribution is 2.25. The third-order valence-electron chi connectivity index (χ3n) is 3.70. The molecule has 120 valence electrons. The third-order valence-corrected chi connectivity index (χ3v) is 3.70. The van der Waals surface area contributed by atoms with Gasteiger partial charge in [-0.3, -0.25) is 4.79 Å². The molecule has 6 heteroatoms. The van der Waals surface area contributed by atoms with E-state index in [0.717, 1.165) is 0 Å². The van der Waals surface area contributed by atoms with Gasteiger partial charge in [-0.2, -0.15) is 0 Å². The van der Waals surface area contributed by atoms with Gasteiger partial charge < -0.3 is 14.4 Å². The van der Waals surface area contributed by atoms with Crippen molar-refractivity contribution in [3.63, 3.8) is 0 Å². The molecule has 1 saturated heterocycles. The maximum atomic E-state index is 12.0. The molecule has 1 fully saturated rings. The molecule has 0 aromatic carbocycles. The Morgan fingerprint density at radius 2 is 1.91 bits per heavy atom. The van der Waals surface area contributed by atoms with Crippen molar-refractivity contribution >= 4 is 17.8 Å². The molecular weight excluding hydrogens is 284 g/mol. The lowest BCUT2D eigenvalue weighted by Gasteiger charge is -2.32. The molecule has 0 spiro atoms. The van der Waals surface area contributed by atoms with E-state index < -0.39 is 0 Å². The fraction of sp³-hybridized carbons (Fsp3) is 0.562. The molecule has 1 aliphatic heterocycles. The molecule has 0 atom stereocenters. The highest BCUT2D eigenvalue weighted by Gasteiger charge is 2.28. The molecule has 0 amide bonds. The van der Waals surface area contributed by atoms with Gasteiger partial charge in [0.1, 0.15) is 11.4 Å². The maximum Gasteiger partial charge on any atom is 0.341 e. The second-order valence-corrected chi connectivity index (χ2v) is 5.11. The fourth-order valence-corrected chi connectivity index (χ4v) is 2.60. The molecule has 1 aromatic rings. The Labute approximate surface area is 130 Å². The third kappa shape index (κ3) is 3.75. The molecule has 2 rings (SSSR count). The lowest BCUT2D eigenvalue weighted by molar-refractivity contribution is -0.148. The van der Waals surface area contributed by atoms with Crippen LogP contribution in [0.4, 0.5) is 5.82 Å². The van der Waals surface area contributed by atoms with E-state index in [1.54, 1.807) is 25.3 Å². The second-order valence-electron chi connectivity index (χ2n) is 5.11. The van der Waals surface area contributed by atoms with E-state index in [4.69, 9.17) is 9.47 Å². The fourth-order valence-electron chi connectivity index (χ4n) is 2.60. The smallest absolute Gasteiger partial charge is 0.341 e. The number of nitrogens with zero attached hydrogens (tertiary/aromatic N) is 2. The van der Waals surface area contributed by atoms with Gasteiger partial charge in [-0.05, 0) is 38.8 Å². The second kappa shape index (κ2) is 7.77. The van der Waals surface area contributed by atoms with Crippen LogP contribution in [0.25, 0.3) is 0 Å². The highest BCUT2D eigenvalue weighted by atomic mass is 16.5. The van der Waals surface area contributed by atoms with E-state index in [2.05, 4.69) is 4.98 Å². The first-order valence-corrected chi connectivity index (χ1v) is 7.71. The summed E-state index contributed by atoms with van der Waals surface area (Å²) in [5.74, 6) is 0.0705. The summed E-state index contributed by atoms with van der Waals surface area (Å²) in [6, 6.07) is 3.44. The Hall–Kier alpha value is -2.11. The zero-order chi connectivity index (χ0) is 15.9. The van der Waals surface area contributed by atoms with E-state index in [1.807, 2.05) is 11.8 Å².